The molecule has 0 saturated carbocycles. The van der Waals surface area contributed by atoms with E-state index in [2.05, 4.69) is 6.58 Å². The van der Waals surface area contributed by atoms with Crippen LogP contribution in [0.2, 0.25) is 0 Å². The highest BCUT2D eigenvalue weighted by molar-refractivity contribution is 7.86. The summed E-state index contributed by atoms with van der Waals surface area (Å²) in [7, 11) is -3.86. The van der Waals surface area contributed by atoms with Gasteiger partial charge in [-0.3, -0.25) is 8.98 Å². The summed E-state index contributed by atoms with van der Waals surface area (Å²) in [5, 5.41) is 0. The highest BCUT2D eigenvalue weighted by atomic mass is 32.2. The van der Waals surface area contributed by atoms with Gasteiger partial charge < -0.3 is 4.74 Å². The Labute approximate surface area is 113 Å². The van der Waals surface area contributed by atoms with Crippen LogP contribution in [0.25, 0.3) is 0 Å². The number of esters is 1. The lowest BCUT2D eigenvalue weighted by atomic mass is 10.2. The Balaban J connectivity index is 2.72. The summed E-state index contributed by atoms with van der Waals surface area (Å²) in [5.41, 5.74) is 0.947. The van der Waals surface area contributed by atoms with Gasteiger partial charge in [-0.2, -0.15) is 8.42 Å². The van der Waals surface area contributed by atoms with Crippen LogP contribution in [0.4, 0.5) is 0 Å². The van der Waals surface area contributed by atoms with Crippen LogP contribution in [0.5, 0.6) is 0 Å². The SMILES string of the molecule is C=C[C@@H](COS(=O)(=O)c1ccc(C)cc1)OC(C)=O. The van der Waals surface area contributed by atoms with Gasteiger partial charge in [0.1, 0.15) is 12.7 Å². The normalized spacial score (nSPS) is 12.7. The van der Waals surface area contributed by atoms with Crippen molar-refractivity contribution in [3.05, 3.63) is 42.5 Å². The average molecular weight is 284 g/mol. The van der Waals surface area contributed by atoms with Gasteiger partial charge >= 0.3 is 5.97 Å². The number of benzene rings is 1. The van der Waals surface area contributed by atoms with Crippen LogP contribution in [-0.2, 0) is 23.8 Å². The summed E-state index contributed by atoms with van der Waals surface area (Å²) in [4.78, 5) is 10.8. The van der Waals surface area contributed by atoms with Crippen LogP contribution in [0, 0.1) is 6.92 Å². The highest BCUT2D eigenvalue weighted by Gasteiger charge is 2.18. The first kappa shape index (κ1) is 15.4. The molecule has 0 N–H and O–H groups in total. The molecule has 0 saturated heterocycles. The van der Waals surface area contributed by atoms with Crippen molar-refractivity contribution in [3.8, 4) is 0 Å². The van der Waals surface area contributed by atoms with Crippen molar-refractivity contribution < 1.29 is 22.1 Å². The van der Waals surface area contributed by atoms with Gasteiger partial charge in [-0.25, -0.2) is 0 Å². The summed E-state index contributed by atoms with van der Waals surface area (Å²) >= 11 is 0. The van der Waals surface area contributed by atoms with Gasteiger partial charge in [-0.1, -0.05) is 24.3 Å². The fourth-order valence-electron chi connectivity index (χ4n) is 1.29. The molecule has 0 aliphatic heterocycles. The van der Waals surface area contributed by atoms with Gasteiger partial charge in [-0.05, 0) is 25.1 Å². The Kier molecular flexibility index (Phi) is 5.26. The van der Waals surface area contributed by atoms with Crippen molar-refractivity contribution in [2.24, 2.45) is 0 Å². The molecular formula is C13H16O5S. The molecule has 0 unspecified atom stereocenters. The number of ether oxygens (including phenoxy) is 1. The van der Waals surface area contributed by atoms with Crippen molar-refractivity contribution in [3.63, 3.8) is 0 Å². The fourth-order valence-corrected chi connectivity index (χ4v) is 2.21. The van der Waals surface area contributed by atoms with E-state index in [-0.39, 0.29) is 11.5 Å². The van der Waals surface area contributed by atoms with E-state index in [1.807, 2.05) is 6.92 Å². The smallest absolute Gasteiger partial charge is 0.303 e. The monoisotopic (exact) mass is 284 g/mol. The molecule has 0 aliphatic carbocycles. The molecule has 6 heteroatoms. The molecule has 1 aromatic rings. The first-order chi connectivity index (χ1) is 8.85. The predicted molar refractivity (Wildman–Crippen MR) is 70.1 cm³/mol. The number of rotatable bonds is 6. The minimum atomic E-state index is -3.86. The summed E-state index contributed by atoms with van der Waals surface area (Å²) < 4.78 is 33.3. The van der Waals surface area contributed by atoms with Crippen LogP contribution in [0.15, 0.2) is 41.8 Å². The molecule has 104 valence electrons. The van der Waals surface area contributed by atoms with Crippen LogP contribution in [0.1, 0.15) is 12.5 Å². The molecule has 0 aliphatic rings. The third-order valence-corrected chi connectivity index (χ3v) is 3.57. The molecule has 1 rings (SSSR count). The number of carbonyl (C=O) groups is 1. The lowest BCUT2D eigenvalue weighted by Gasteiger charge is -2.13. The molecule has 0 bridgehead atoms. The zero-order valence-corrected chi connectivity index (χ0v) is 11.6. The zero-order valence-electron chi connectivity index (χ0n) is 10.8. The van der Waals surface area contributed by atoms with Gasteiger partial charge in [0.25, 0.3) is 10.1 Å². The minimum absolute atomic E-state index is 0.0590. The van der Waals surface area contributed by atoms with Gasteiger partial charge in [0.2, 0.25) is 0 Å². The Morgan fingerprint density at radius 2 is 1.95 bits per heavy atom. The molecule has 0 spiro atoms. The summed E-state index contributed by atoms with van der Waals surface area (Å²) in [5.74, 6) is -0.527. The number of hydrogen-bond donors (Lipinski definition) is 0. The van der Waals surface area contributed by atoms with Crippen molar-refractivity contribution in [1.82, 2.24) is 0 Å². The molecule has 5 nitrogen and oxygen atoms in total. The zero-order chi connectivity index (χ0) is 14.5. The largest absolute Gasteiger partial charge is 0.456 e. The second-order valence-electron chi connectivity index (χ2n) is 3.94. The van der Waals surface area contributed by atoms with Gasteiger partial charge in [0, 0.05) is 6.92 Å². The molecular weight excluding hydrogens is 268 g/mol. The van der Waals surface area contributed by atoms with E-state index in [1.165, 1.54) is 25.1 Å². The van der Waals surface area contributed by atoms with Crippen molar-refractivity contribution in [1.29, 1.82) is 0 Å². The quantitative estimate of drug-likeness (QED) is 0.453. The van der Waals surface area contributed by atoms with E-state index in [4.69, 9.17) is 8.92 Å². The van der Waals surface area contributed by atoms with Crippen molar-refractivity contribution >= 4 is 16.1 Å². The van der Waals surface area contributed by atoms with Crippen LogP contribution in [-0.4, -0.2) is 27.1 Å². The van der Waals surface area contributed by atoms with Gasteiger partial charge in [-0.15, -0.1) is 0 Å². The van der Waals surface area contributed by atoms with E-state index >= 15 is 0 Å². The van der Waals surface area contributed by atoms with Crippen LogP contribution in [0.3, 0.4) is 0 Å². The minimum Gasteiger partial charge on any atom is -0.456 e. The maximum absolute atomic E-state index is 11.9. The van der Waals surface area contributed by atoms with Gasteiger partial charge in [0.15, 0.2) is 0 Å². The molecule has 19 heavy (non-hydrogen) atoms. The summed E-state index contributed by atoms with van der Waals surface area (Å²) in [6, 6.07) is 6.26. The fraction of sp³-hybridized carbons (Fsp3) is 0.308. The standard InChI is InChI=1S/C13H16O5S/c1-4-12(18-11(3)14)9-17-19(15,16)13-7-5-10(2)6-8-13/h4-8,12H,1,9H2,2-3H3/t12-/m0/s1. The molecule has 0 heterocycles. The second kappa shape index (κ2) is 6.49. The topological polar surface area (TPSA) is 69.7 Å². The highest BCUT2D eigenvalue weighted by Crippen LogP contribution is 2.14. The Bertz CT molecular complexity index is 545. The Morgan fingerprint density at radius 1 is 1.37 bits per heavy atom. The van der Waals surface area contributed by atoms with Crippen molar-refractivity contribution in [2.45, 2.75) is 24.8 Å². The van der Waals surface area contributed by atoms with Gasteiger partial charge in [0.05, 0.1) is 4.90 Å². The molecule has 1 atom stereocenters. The first-order valence-electron chi connectivity index (χ1n) is 5.61. The predicted octanol–water partition coefficient (Wildman–Crippen LogP) is 1.82. The molecule has 1 aromatic carbocycles. The van der Waals surface area contributed by atoms with E-state index in [9.17, 15) is 13.2 Å². The third kappa shape index (κ3) is 4.84. The van der Waals surface area contributed by atoms with E-state index in [1.54, 1.807) is 12.1 Å². The maximum Gasteiger partial charge on any atom is 0.303 e. The van der Waals surface area contributed by atoms with Crippen molar-refractivity contribution in [2.75, 3.05) is 6.61 Å². The number of hydrogen-bond acceptors (Lipinski definition) is 5. The summed E-state index contributed by atoms with van der Waals surface area (Å²) in [6.07, 6.45) is 0.518. The van der Waals surface area contributed by atoms with E-state index in [0.717, 1.165) is 5.56 Å². The Morgan fingerprint density at radius 3 is 2.42 bits per heavy atom. The molecule has 0 amide bonds. The maximum atomic E-state index is 11.9. The molecule has 0 fully saturated rings. The number of carbonyl (C=O) groups excluding carboxylic acids is 1. The Hall–Kier alpha value is -1.66. The molecule has 0 radical (unpaired) electrons. The number of aryl methyl sites for hydroxylation is 1. The molecule has 0 aromatic heterocycles. The van der Waals surface area contributed by atoms with Crippen LogP contribution < -0.4 is 0 Å². The van der Waals surface area contributed by atoms with E-state index in [0.29, 0.717) is 0 Å². The summed E-state index contributed by atoms with van der Waals surface area (Å²) in [6.45, 7) is 6.23. The van der Waals surface area contributed by atoms with Crippen LogP contribution >= 0.6 is 0 Å². The first-order valence-corrected chi connectivity index (χ1v) is 7.02. The lowest BCUT2D eigenvalue weighted by molar-refractivity contribution is -0.145. The lowest BCUT2D eigenvalue weighted by Crippen LogP contribution is -2.22. The third-order valence-electron chi connectivity index (χ3n) is 2.28. The van der Waals surface area contributed by atoms with E-state index < -0.39 is 22.2 Å². The average Bonchev–Trinajstić information content (AvgIpc) is 2.34. The second-order valence-corrected chi connectivity index (χ2v) is 5.55.